The van der Waals surface area contributed by atoms with Crippen molar-refractivity contribution in [3.63, 3.8) is 0 Å². The minimum atomic E-state index is -1.51. The van der Waals surface area contributed by atoms with Gasteiger partial charge in [-0.2, -0.15) is 0 Å². The van der Waals surface area contributed by atoms with Crippen molar-refractivity contribution in [3.05, 3.63) is 23.6 Å². The van der Waals surface area contributed by atoms with Crippen LogP contribution in [0.2, 0.25) is 0 Å². The maximum Gasteiger partial charge on any atom is 0.306 e. The fourth-order valence-corrected chi connectivity index (χ4v) is 8.26. The summed E-state index contributed by atoms with van der Waals surface area (Å²) in [5.74, 6) is -3.05. The van der Waals surface area contributed by atoms with Crippen LogP contribution >= 0.6 is 0 Å². The highest BCUT2D eigenvalue weighted by atomic mass is 19.1. The zero-order valence-corrected chi connectivity index (χ0v) is 20.6. The van der Waals surface area contributed by atoms with Gasteiger partial charge in [-0.05, 0) is 55.6 Å². The SMILES string of the molecule is CCCCC(=O)O[C@]1(C(=O)CO)C(C)C[C@H]2[C@@H]3CCC4=C(F)C(=O)C=C[C@]4(C)[C@H]3C(O)C[C@@]21C. The molecule has 0 aromatic carbocycles. The first-order valence-corrected chi connectivity index (χ1v) is 12.6. The Balaban J connectivity index is 1.77. The van der Waals surface area contributed by atoms with Crippen LogP contribution in [0.1, 0.15) is 72.6 Å². The molecule has 188 valence electrons. The monoisotopic (exact) mass is 476 g/mol. The number of aliphatic hydroxyl groups excluding tert-OH is 2. The van der Waals surface area contributed by atoms with E-state index in [1.807, 2.05) is 27.7 Å². The molecule has 2 unspecified atom stereocenters. The molecular weight excluding hydrogens is 439 g/mol. The maximum atomic E-state index is 14.8. The van der Waals surface area contributed by atoms with E-state index in [-0.39, 0.29) is 36.5 Å². The van der Waals surface area contributed by atoms with Crippen molar-refractivity contribution in [3.8, 4) is 0 Å². The van der Waals surface area contributed by atoms with Gasteiger partial charge >= 0.3 is 5.97 Å². The standard InChI is InChI=1S/C27H37FO6/c1-5-6-7-22(33)34-27(21(32)14-29)15(2)12-18-16-8-9-17-24(28)19(30)10-11-25(17,3)23(16)20(31)13-26(18,27)4/h10-11,15-16,18,20,23,29,31H,5-9,12-14H2,1-4H3/t15?,16-,18-,20?,23+,25-,26-,27-/m0/s1. The summed E-state index contributed by atoms with van der Waals surface area (Å²) in [7, 11) is 0. The number of Topliss-reactive ketones (excluding diaryl/α,β-unsaturated/α-hetero) is 1. The van der Waals surface area contributed by atoms with Crippen molar-refractivity contribution >= 4 is 17.5 Å². The molecule has 0 amide bonds. The predicted molar refractivity (Wildman–Crippen MR) is 123 cm³/mol. The molecule has 0 heterocycles. The van der Waals surface area contributed by atoms with Crippen LogP contribution in [0, 0.1) is 34.5 Å². The maximum absolute atomic E-state index is 14.8. The Labute approximate surface area is 200 Å². The molecule has 3 fully saturated rings. The van der Waals surface area contributed by atoms with Crippen LogP contribution in [0.25, 0.3) is 0 Å². The van der Waals surface area contributed by atoms with Gasteiger partial charge in [-0.3, -0.25) is 14.4 Å². The Morgan fingerprint density at radius 2 is 2.00 bits per heavy atom. The van der Waals surface area contributed by atoms with E-state index in [1.54, 1.807) is 6.08 Å². The third-order valence-electron chi connectivity index (χ3n) is 9.69. The largest absolute Gasteiger partial charge is 0.450 e. The lowest BCUT2D eigenvalue weighted by Gasteiger charge is -2.60. The summed E-state index contributed by atoms with van der Waals surface area (Å²) in [5.41, 5.74) is -2.70. The molecule has 0 saturated heterocycles. The Hall–Kier alpha value is -1.86. The quantitative estimate of drug-likeness (QED) is 0.565. The molecule has 8 atom stereocenters. The molecule has 0 aliphatic heterocycles. The number of carbonyl (C=O) groups is 3. The number of allylic oxidation sites excluding steroid dienone is 4. The zero-order valence-electron chi connectivity index (χ0n) is 20.6. The van der Waals surface area contributed by atoms with Gasteiger partial charge in [0, 0.05) is 29.1 Å². The lowest BCUT2D eigenvalue weighted by atomic mass is 9.46. The number of aliphatic hydroxyl groups is 2. The van der Waals surface area contributed by atoms with Crippen molar-refractivity contribution in [2.24, 2.45) is 34.5 Å². The molecule has 34 heavy (non-hydrogen) atoms. The van der Waals surface area contributed by atoms with E-state index >= 15 is 0 Å². The van der Waals surface area contributed by atoms with E-state index < -0.39 is 52.5 Å². The Bertz CT molecular complexity index is 955. The predicted octanol–water partition coefficient (Wildman–Crippen LogP) is 3.84. The van der Waals surface area contributed by atoms with Crippen molar-refractivity contribution < 1.29 is 33.7 Å². The summed E-state index contributed by atoms with van der Waals surface area (Å²) >= 11 is 0. The molecule has 7 heteroatoms. The fourth-order valence-electron chi connectivity index (χ4n) is 8.26. The lowest BCUT2D eigenvalue weighted by Crippen LogP contribution is -2.64. The number of hydrogen-bond donors (Lipinski definition) is 2. The highest BCUT2D eigenvalue weighted by Crippen LogP contribution is 2.69. The first-order valence-electron chi connectivity index (χ1n) is 12.6. The first kappa shape index (κ1) is 25.2. The fraction of sp³-hybridized carbons (Fsp3) is 0.741. The second-order valence-corrected chi connectivity index (χ2v) is 11.3. The van der Waals surface area contributed by atoms with Gasteiger partial charge in [-0.1, -0.05) is 40.2 Å². The van der Waals surface area contributed by atoms with Crippen molar-refractivity contribution in [2.45, 2.75) is 84.3 Å². The Morgan fingerprint density at radius 3 is 2.65 bits per heavy atom. The van der Waals surface area contributed by atoms with Gasteiger partial charge in [-0.25, -0.2) is 4.39 Å². The summed E-state index contributed by atoms with van der Waals surface area (Å²) < 4.78 is 20.9. The summed E-state index contributed by atoms with van der Waals surface area (Å²) in [4.78, 5) is 38.1. The highest BCUT2D eigenvalue weighted by molar-refractivity contribution is 6.04. The van der Waals surface area contributed by atoms with Crippen LogP contribution in [0.4, 0.5) is 4.39 Å². The van der Waals surface area contributed by atoms with E-state index in [0.717, 1.165) is 6.42 Å². The zero-order chi connectivity index (χ0) is 25.1. The van der Waals surface area contributed by atoms with Gasteiger partial charge in [0.25, 0.3) is 0 Å². The summed E-state index contributed by atoms with van der Waals surface area (Å²) in [5, 5.41) is 21.5. The Kier molecular flexibility index (Phi) is 6.43. The van der Waals surface area contributed by atoms with Gasteiger partial charge in [0.2, 0.25) is 11.6 Å². The van der Waals surface area contributed by atoms with Crippen molar-refractivity contribution in [1.82, 2.24) is 0 Å². The second-order valence-electron chi connectivity index (χ2n) is 11.3. The van der Waals surface area contributed by atoms with E-state index in [0.29, 0.717) is 31.3 Å². The highest BCUT2D eigenvalue weighted by Gasteiger charge is 2.72. The number of ketones is 2. The molecule has 0 radical (unpaired) electrons. The normalized spacial score (nSPS) is 43.3. The van der Waals surface area contributed by atoms with E-state index in [4.69, 9.17) is 4.74 Å². The average Bonchev–Trinajstić information content (AvgIpc) is 3.01. The molecule has 0 aromatic heterocycles. The van der Waals surface area contributed by atoms with Crippen molar-refractivity contribution in [1.29, 1.82) is 0 Å². The smallest absolute Gasteiger partial charge is 0.306 e. The summed E-state index contributed by atoms with van der Waals surface area (Å²) in [6, 6.07) is 0. The van der Waals surface area contributed by atoms with Gasteiger partial charge in [0.05, 0.1) is 6.10 Å². The number of unbranched alkanes of at least 4 members (excludes halogenated alkanes) is 1. The third kappa shape index (κ3) is 3.29. The molecule has 4 aliphatic carbocycles. The second kappa shape index (κ2) is 8.66. The number of hydrogen-bond acceptors (Lipinski definition) is 6. The topological polar surface area (TPSA) is 101 Å². The number of fused-ring (bicyclic) bond motifs is 5. The van der Waals surface area contributed by atoms with Crippen LogP contribution < -0.4 is 0 Å². The van der Waals surface area contributed by atoms with Crippen LogP contribution in [0.3, 0.4) is 0 Å². The molecule has 6 nitrogen and oxygen atoms in total. The Morgan fingerprint density at radius 1 is 1.29 bits per heavy atom. The van der Waals surface area contributed by atoms with Gasteiger partial charge < -0.3 is 14.9 Å². The van der Waals surface area contributed by atoms with Crippen molar-refractivity contribution in [2.75, 3.05) is 6.61 Å². The van der Waals surface area contributed by atoms with Crippen LogP contribution in [0.5, 0.6) is 0 Å². The number of carbonyl (C=O) groups excluding carboxylic acids is 3. The molecule has 0 aromatic rings. The molecule has 0 bridgehead atoms. The van der Waals surface area contributed by atoms with Gasteiger partial charge in [0.1, 0.15) is 6.61 Å². The first-order chi connectivity index (χ1) is 16.0. The number of esters is 1. The number of ether oxygens (including phenoxy) is 1. The minimum absolute atomic E-state index is 0.0432. The molecule has 0 spiro atoms. The summed E-state index contributed by atoms with van der Waals surface area (Å²) in [6.45, 7) is 6.93. The third-order valence-corrected chi connectivity index (χ3v) is 9.69. The lowest BCUT2D eigenvalue weighted by molar-refractivity contribution is -0.205. The van der Waals surface area contributed by atoms with Crippen LogP contribution in [-0.2, 0) is 19.1 Å². The van der Waals surface area contributed by atoms with E-state index in [9.17, 15) is 29.0 Å². The molecule has 4 rings (SSSR count). The average molecular weight is 477 g/mol. The molecular formula is C27H37FO6. The molecule has 3 saturated carbocycles. The summed E-state index contributed by atoms with van der Waals surface area (Å²) in [6.07, 6.45) is 5.58. The van der Waals surface area contributed by atoms with Gasteiger partial charge in [-0.15, -0.1) is 0 Å². The molecule has 4 aliphatic rings. The number of halogens is 1. The minimum Gasteiger partial charge on any atom is -0.450 e. The number of rotatable bonds is 6. The van der Waals surface area contributed by atoms with Crippen LogP contribution in [-0.4, -0.2) is 46.1 Å². The molecule has 2 N–H and O–H groups in total. The van der Waals surface area contributed by atoms with E-state index in [2.05, 4.69) is 0 Å². The van der Waals surface area contributed by atoms with E-state index in [1.165, 1.54) is 6.08 Å². The van der Waals surface area contributed by atoms with Crippen LogP contribution in [0.15, 0.2) is 23.6 Å². The van der Waals surface area contributed by atoms with Gasteiger partial charge in [0.15, 0.2) is 11.4 Å².